The lowest BCUT2D eigenvalue weighted by molar-refractivity contribution is 0.634. The number of rotatable bonds is 5. The SMILES string of the molecule is CC1(C)c2ccccc2N(c2c(N(c3ccc4ccccc4c3)c3cccc4ccccc34)ccc3ccccc23)c2cccc(-c3cccc4ccccc34)c21. The third kappa shape index (κ3) is 5.18. The first-order valence-corrected chi connectivity index (χ1v) is 19.9. The third-order valence-corrected chi connectivity index (χ3v) is 12.1. The van der Waals surface area contributed by atoms with Crippen LogP contribution in [0.3, 0.4) is 0 Å². The first-order chi connectivity index (χ1) is 28.1. The first-order valence-electron chi connectivity index (χ1n) is 19.9. The van der Waals surface area contributed by atoms with E-state index in [4.69, 9.17) is 0 Å². The van der Waals surface area contributed by atoms with E-state index in [2.05, 4.69) is 230 Å². The number of hydrogen-bond donors (Lipinski definition) is 0. The Kier molecular flexibility index (Phi) is 7.55. The summed E-state index contributed by atoms with van der Waals surface area (Å²) in [5.74, 6) is 0. The van der Waals surface area contributed by atoms with Crippen LogP contribution in [0.25, 0.3) is 54.2 Å². The summed E-state index contributed by atoms with van der Waals surface area (Å²) < 4.78 is 0. The normalized spacial score (nSPS) is 13.2. The van der Waals surface area contributed by atoms with Crippen LogP contribution in [-0.4, -0.2) is 0 Å². The molecular weight excluding hydrogens is 689 g/mol. The fourth-order valence-corrected chi connectivity index (χ4v) is 9.56. The maximum Gasteiger partial charge on any atom is 0.0781 e. The fraction of sp³-hybridized carbons (Fsp3) is 0.0545. The van der Waals surface area contributed by atoms with E-state index in [1.54, 1.807) is 0 Å². The summed E-state index contributed by atoms with van der Waals surface area (Å²) in [5.41, 5.74) is 11.7. The first kappa shape index (κ1) is 33.2. The molecule has 2 nitrogen and oxygen atoms in total. The molecule has 1 heterocycles. The van der Waals surface area contributed by atoms with Crippen LogP contribution in [0, 0.1) is 0 Å². The van der Waals surface area contributed by atoms with Gasteiger partial charge in [0.2, 0.25) is 0 Å². The van der Waals surface area contributed by atoms with Gasteiger partial charge in [-0.15, -0.1) is 0 Å². The van der Waals surface area contributed by atoms with E-state index >= 15 is 0 Å². The molecule has 0 fully saturated rings. The molecule has 0 atom stereocenters. The molecule has 11 rings (SSSR count). The molecule has 0 saturated heterocycles. The van der Waals surface area contributed by atoms with Crippen molar-refractivity contribution in [2.24, 2.45) is 0 Å². The van der Waals surface area contributed by atoms with Gasteiger partial charge < -0.3 is 9.80 Å². The highest BCUT2D eigenvalue weighted by Crippen LogP contribution is 2.58. The van der Waals surface area contributed by atoms with Gasteiger partial charge in [-0.25, -0.2) is 0 Å². The minimum Gasteiger partial charge on any atom is -0.308 e. The molecule has 0 unspecified atom stereocenters. The molecule has 0 aliphatic carbocycles. The van der Waals surface area contributed by atoms with Crippen molar-refractivity contribution >= 4 is 77.2 Å². The molecule has 270 valence electrons. The van der Waals surface area contributed by atoms with Gasteiger partial charge in [0.05, 0.1) is 28.4 Å². The average molecular weight is 729 g/mol. The predicted molar refractivity (Wildman–Crippen MR) is 243 cm³/mol. The molecule has 0 N–H and O–H groups in total. The van der Waals surface area contributed by atoms with E-state index in [9.17, 15) is 0 Å². The lowest BCUT2D eigenvalue weighted by Gasteiger charge is -2.44. The van der Waals surface area contributed by atoms with E-state index in [-0.39, 0.29) is 5.41 Å². The van der Waals surface area contributed by atoms with Crippen LogP contribution in [0.1, 0.15) is 25.0 Å². The molecule has 1 aliphatic heterocycles. The summed E-state index contributed by atoms with van der Waals surface area (Å²) in [6.07, 6.45) is 0. The quantitative estimate of drug-likeness (QED) is 0.174. The Balaban J connectivity index is 1.27. The van der Waals surface area contributed by atoms with Gasteiger partial charge in [0, 0.05) is 21.9 Å². The zero-order valence-electron chi connectivity index (χ0n) is 32.0. The van der Waals surface area contributed by atoms with Gasteiger partial charge in [-0.3, -0.25) is 0 Å². The number of para-hydroxylation sites is 1. The van der Waals surface area contributed by atoms with Crippen LogP contribution in [0.4, 0.5) is 34.1 Å². The predicted octanol–water partition coefficient (Wildman–Crippen LogP) is 15.5. The zero-order chi connectivity index (χ0) is 38.1. The van der Waals surface area contributed by atoms with E-state index in [0.717, 1.165) is 22.7 Å². The summed E-state index contributed by atoms with van der Waals surface area (Å²) in [4.78, 5) is 5.06. The molecule has 10 aromatic carbocycles. The highest BCUT2D eigenvalue weighted by atomic mass is 15.2. The van der Waals surface area contributed by atoms with Crippen molar-refractivity contribution in [1.82, 2.24) is 0 Å². The second-order valence-electron chi connectivity index (χ2n) is 15.7. The molecule has 10 aromatic rings. The van der Waals surface area contributed by atoms with E-state index in [0.29, 0.717) is 0 Å². The van der Waals surface area contributed by atoms with Crippen LogP contribution in [0.2, 0.25) is 0 Å². The lowest BCUT2D eigenvalue weighted by atomic mass is 9.70. The van der Waals surface area contributed by atoms with Gasteiger partial charge in [-0.05, 0) is 91.0 Å². The molecule has 0 aromatic heterocycles. The molecule has 0 amide bonds. The monoisotopic (exact) mass is 728 g/mol. The number of fused-ring (bicyclic) bond motifs is 6. The topological polar surface area (TPSA) is 6.48 Å². The molecule has 0 spiro atoms. The highest BCUT2D eigenvalue weighted by Gasteiger charge is 2.40. The smallest absolute Gasteiger partial charge is 0.0781 e. The van der Waals surface area contributed by atoms with Crippen LogP contribution in [0.5, 0.6) is 0 Å². The van der Waals surface area contributed by atoms with Crippen LogP contribution >= 0.6 is 0 Å². The Labute approximate surface area is 333 Å². The van der Waals surface area contributed by atoms with Gasteiger partial charge in [0.1, 0.15) is 0 Å². The molecule has 0 saturated carbocycles. The highest BCUT2D eigenvalue weighted by molar-refractivity contribution is 6.11. The van der Waals surface area contributed by atoms with E-state index < -0.39 is 0 Å². The van der Waals surface area contributed by atoms with Crippen molar-refractivity contribution in [2.45, 2.75) is 19.3 Å². The van der Waals surface area contributed by atoms with Crippen molar-refractivity contribution in [3.63, 3.8) is 0 Å². The zero-order valence-corrected chi connectivity index (χ0v) is 32.0. The average Bonchev–Trinajstić information content (AvgIpc) is 3.26. The second-order valence-corrected chi connectivity index (χ2v) is 15.7. The molecule has 0 bridgehead atoms. The van der Waals surface area contributed by atoms with Gasteiger partial charge in [-0.2, -0.15) is 0 Å². The van der Waals surface area contributed by atoms with Crippen molar-refractivity contribution < 1.29 is 0 Å². The Morgan fingerprint density at radius 2 is 0.930 bits per heavy atom. The van der Waals surface area contributed by atoms with E-state index in [1.165, 1.54) is 76.7 Å². The summed E-state index contributed by atoms with van der Waals surface area (Å²) in [5, 5.41) is 9.73. The Bertz CT molecular complexity index is 3180. The Morgan fingerprint density at radius 3 is 1.74 bits per heavy atom. The van der Waals surface area contributed by atoms with Crippen molar-refractivity contribution in [3.05, 3.63) is 217 Å². The molecule has 0 radical (unpaired) electrons. The minimum absolute atomic E-state index is 0.297. The van der Waals surface area contributed by atoms with Gasteiger partial charge in [0.15, 0.2) is 0 Å². The van der Waals surface area contributed by atoms with Crippen molar-refractivity contribution in [2.75, 3.05) is 9.80 Å². The van der Waals surface area contributed by atoms with Crippen LogP contribution in [-0.2, 0) is 5.41 Å². The van der Waals surface area contributed by atoms with Gasteiger partial charge in [0.25, 0.3) is 0 Å². The van der Waals surface area contributed by atoms with Crippen molar-refractivity contribution in [3.8, 4) is 11.1 Å². The van der Waals surface area contributed by atoms with Gasteiger partial charge >= 0.3 is 0 Å². The maximum absolute atomic E-state index is 2.57. The van der Waals surface area contributed by atoms with E-state index in [1.807, 2.05) is 0 Å². The Hall–Kier alpha value is -7.16. The second kappa shape index (κ2) is 13.0. The molecule has 57 heavy (non-hydrogen) atoms. The number of nitrogens with zero attached hydrogens (tertiary/aromatic N) is 2. The Morgan fingerprint density at radius 1 is 0.386 bits per heavy atom. The minimum atomic E-state index is -0.297. The largest absolute Gasteiger partial charge is 0.308 e. The molecular formula is C55H40N2. The number of benzene rings is 10. The standard InChI is InChI=1S/C55H40N2/c1-55(2)48-28-11-12-29-50(48)57(51-31-15-27-47(53(51)55)46-26-13-21-38-17-5-8-23-43(38)46)54-45-25-10-7-19-40(45)33-35-52(54)56(42-34-32-37-16-3-4-20-41(37)36-42)49-30-14-22-39-18-6-9-24-44(39)49/h3-36H,1-2H3. The number of anilines is 6. The summed E-state index contributed by atoms with van der Waals surface area (Å²) in [6.45, 7) is 4.80. The third-order valence-electron chi connectivity index (χ3n) is 12.1. The lowest BCUT2D eigenvalue weighted by Crippen LogP contribution is -2.32. The summed E-state index contributed by atoms with van der Waals surface area (Å²) in [7, 11) is 0. The molecule has 2 heteroatoms. The van der Waals surface area contributed by atoms with Crippen molar-refractivity contribution in [1.29, 1.82) is 0 Å². The van der Waals surface area contributed by atoms with Crippen LogP contribution in [0.15, 0.2) is 206 Å². The summed E-state index contributed by atoms with van der Waals surface area (Å²) >= 11 is 0. The maximum atomic E-state index is 2.57. The van der Waals surface area contributed by atoms with Gasteiger partial charge in [-0.1, -0.05) is 184 Å². The van der Waals surface area contributed by atoms with Crippen LogP contribution < -0.4 is 9.80 Å². The molecule has 1 aliphatic rings. The number of hydrogen-bond acceptors (Lipinski definition) is 2. The summed E-state index contributed by atoms with van der Waals surface area (Å²) in [6, 6.07) is 75.9. The fourth-order valence-electron chi connectivity index (χ4n) is 9.56.